The predicted molar refractivity (Wildman–Crippen MR) is 86.6 cm³/mol. The monoisotopic (exact) mass is 348 g/mol. The number of carbonyl (C=O) groups excluding carboxylic acids is 2. The van der Waals surface area contributed by atoms with Crippen LogP contribution in [0.3, 0.4) is 0 Å². The highest BCUT2D eigenvalue weighted by molar-refractivity contribution is 6.03. The molecule has 2 aromatic carbocycles. The van der Waals surface area contributed by atoms with Crippen molar-refractivity contribution in [1.82, 2.24) is 0 Å². The molecular formula is C18H15F3N2O2. The maximum atomic E-state index is 13.3. The van der Waals surface area contributed by atoms with Gasteiger partial charge >= 0.3 is 0 Å². The lowest BCUT2D eigenvalue weighted by atomic mass is 10.1. The van der Waals surface area contributed by atoms with Crippen LogP contribution in [-0.4, -0.2) is 18.4 Å². The smallest absolute Gasteiger partial charge is 0.229 e. The zero-order valence-electron chi connectivity index (χ0n) is 13.4. The normalized spacial score (nSPS) is 17.0. The van der Waals surface area contributed by atoms with E-state index in [1.807, 2.05) is 0 Å². The van der Waals surface area contributed by atoms with Gasteiger partial charge in [0.25, 0.3) is 0 Å². The lowest BCUT2D eigenvalue weighted by molar-refractivity contribution is -0.122. The molecule has 4 nitrogen and oxygen atoms in total. The number of hydrogen-bond donors (Lipinski definition) is 1. The molecule has 2 amide bonds. The first-order valence-corrected chi connectivity index (χ1v) is 7.67. The van der Waals surface area contributed by atoms with Gasteiger partial charge in [0.2, 0.25) is 11.8 Å². The molecule has 25 heavy (non-hydrogen) atoms. The molecule has 3 rings (SSSR count). The molecule has 1 fully saturated rings. The van der Waals surface area contributed by atoms with E-state index in [4.69, 9.17) is 0 Å². The third-order valence-corrected chi connectivity index (χ3v) is 4.10. The van der Waals surface area contributed by atoms with Crippen LogP contribution in [0.5, 0.6) is 0 Å². The second kappa shape index (κ2) is 6.58. The molecule has 1 unspecified atom stereocenters. The van der Waals surface area contributed by atoms with Crippen LogP contribution in [0, 0.1) is 30.3 Å². The van der Waals surface area contributed by atoms with Crippen molar-refractivity contribution in [3.63, 3.8) is 0 Å². The molecule has 0 saturated carbocycles. The number of anilines is 2. The molecule has 1 N–H and O–H groups in total. The van der Waals surface area contributed by atoms with Gasteiger partial charge in [0.05, 0.1) is 5.92 Å². The molecule has 0 aliphatic carbocycles. The van der Waals surface area contributed by atoms with Gasteiger partial charge in [-0.05, 0) is 42.8 Å². The molecule has 1 atom stereocenters. The zero-order chi connectivity index (χ0) is 18.1. The fourth-order valence-corrected chi connectivity index (χ4v) is 2.83. The van der Waals surface area contributed by atoms with Crippen LogP contribution in [0.4, 0.5) is 24.5 Å². The fourth-order valence-electron chi connectivity index (χ4n) is 2.83. The van der Waals surface area contributed by atoms with Gasteiger partial charge < -0.3 is 10.2 Å². The van der Waals surface area contributed by atoms with Gasteiger partial charge in [0.15, 0.2) is 0 Å². The number of nitrogens with zero attached hydrogens (tertiary/aromatic N) is 1. The van der Waals surface area contributed by atoms with Crippen molar-refractivity contribution in [2.45, 2.75) is 13.3 Å². The average Bonchev–Trinajstić information content (AvgIpc) is 2.91. The van der Waals surface area contributed by atoms with Crippen molar-refractivity contribution < 1.29 is 22.8 Å². The average molecular weight is 348 g/mol. The number of halogens is 3. The summed E-state index contributed by atoms with van der Waals surface area (Å²) in [6.45, 7) is 1.67. The third-order valence-electron chi connectivity index (χ3n) is 4.10. The summed E-state index contributed by atoms with van der Waals surface area (Å²) < 4.78 is 39.8. The summed E-state index contributed by atoms with van der Waals surface area (Å²) in [5.74, 6) is -3.45. The van der Waals surface area contributed by atoms with E-state index >= 15 is 0 Å². The van der Waals surface area contributed by atoms with Gasteiger partial charge in [-0.3, -0.25) is 9.59 Å². The highest BCUT2D eigenvalue weighted by Gasteiger charge is 2.35. The molecule has 130 valence electrons. The van der Waals surface area contributed by atoms with E-state index in [1.165, 1.54) is 23.1 Å². The van der Waals surface area contributed by atoms with Crippen LogP contribution in [-0.2, 0) is 9.59 Å². The summed E-state index contributed by atoms with van der Waals surface area (Å²) in [5.41, 5.74) is 1.09. The van der Waals surface area contributed by atoms with Gasteiger partial charge in [0.1, 0.15) is 17.5 Å². The Hall–Kier alpha value is -2.83. The minimum atomic E-state index is -0.794. The molecule has 1 aliphatic rings. The predicted octanol–water partition coefficient (Wildman–Crippen LogP) is 3.40. The largest absolute Gasteiger partial charge is 0.326 e. The van der Waals surface area contributed by atoms with E-state index < -0.39 is 29.3 Å². The Morgan fingerprint density at radius 1 is 1.08 bits per heavy atom. The Balaban J connectivity index is 1.74. The first kappa shape index (κ1) is 17.0. The summed E-state index contributed by atoms with van der Waals surface area (Å²) in [6.07, 6.45) is -0.0653. The minimum absolute atomic E-state index is 0.0216. The summed E-state index contributed by atoms with van der Waals surface area (Å²) in [6, 6.07) is 6.77. The first-order chi connectivity index (χ1) is 11.8. The second-order valence-corrected chi connectivity index (χ2v) is 5.98. The van der Waals surface area contributed by atoms with Crippen molar-refractivity contribution in [2.75, 3.05) is 16.8 Å². The van der Waals surface area contributed by atoms with Crippen LogP contribution in [0.25, 0.3) is 0 Å². The highest BCUT2D eigenvalue weighted by atomic mass is 19.1. The van der Waals surface area contributed by atoms with Crippen LogP contribution >= 0.6 is 0 Å². The van der Waals surface area contributed by atoms with Crippen molar-refractivity contribution in [3.8, 4) is 0 Å². The van der Waals surface area contributed by atoms with Crippen molar-refractivity contribution >= 4 is 23.2 Å². The van der Waals surface area contributed by atoms with E-state index in [1.54, 1.807) is 6.92 Å². The molecule has 1 heterocycles. The summed E-state index contributed by atoms with van der Waals surface area (Å²) in [5, 5.41) is 2.66. The molecule has 7 heteroatoms. The molecular weight excluding hydrogens is 333 g/mol. The minimum Gasteiger partial charge on any atom is -0.326 e. The highest BCUT2D eigenvalue weighted by Crippen LogP contribution is 2.28. The van der Waals surface area contributed by atoms with E-state index in [9.17, 15) is 22.8 Å². The van der Waals surface area contributed by atoms with Gasteiger partial charge in [-0.15, -0.1) is 0 Å². The van der Waals surface area contributed by atoms with E-state index in [0.29, 0.717) is 17.3 Å². The standard InChI is InChI=1S/C18H15F3N2O2/c1-10-4-12(19)2-3-16(10)22-18(25)11-5-17(24)23(9-11)15-7-13(20)6-14(21)8-15/h2-4,6-8,11H,5,9H2,1H3,(H,22,25). The van der Waals surface area contributed by atoms with E-state index in [2.05, 4.69) is 5.32 Å². The number of benzene rings is 2. The SMILES string of the molecule is Cc1cc(F)ccc1NC(=O)C1CC(=O)N(c2cc(F)cc(F)c2)C1. The second-order valence-electron chi connectivity index (χ2n) is 5.98. The maximum Gasteiger partial charge on any atom is 0.229 e. The van der Waals surface area contributed by atoms with Gasteiger partial charge in [-0.25, -0.2) is 13.2 Å². The number of nitrogens with one attached hydrogen (secondary N) is 1. The molecule has 0 aromatic heterocycles. The molecule has 0 spiro atoms. The van der Waals surface area contributed by atoms with Crippen molar-refractivity contribution in [1.29, 1.82) is 0 Å². The van der Waals surface area contributed by atoms with Crippen LogP contribution in [0.2, 0.25) is 0 Å². The number of aryl methyl sites for hydroxylation is 1. The number of rotatable bonds is 3. The molecule has 1 saturated heterocycles. The lowest BCUT2D eigenvalue weighted by Gasteiger charge is -2.17. The van der Waals surface area contributed by atoms with Crippen molar-refractivity contribution in [2.24, 2.45) is 5.92 Å². The Labute approximate surface area is 142 Å². The Bertz CT molecular complexity index is 834. The van der Waals surface area contributed by atoms with Crippen LogP contribution in [0.15, 0.2) is 36.4 Å². The molecule has 1 aliphatic heterocycles. The molecule has 0 bridgehead atoms. The fraction of sp³-hybridized carbons (Fsp3) is 0.222. The van der Waals surface area contributed by atoms with E-state index in [-0.39, 0.29) is 24.6 Å². The van der Waals surface area contributed by atoms with Gasteiger partial charge in [0, 0.05) is 30.4 Å². The third kappa shape index (κ3) is 3.65. The summed E-state index contributed by atoms with van der Waals surface area (Å²) in [4.78, 5) is 25.7. The maximum absolute atomic E-state index is 13.3. The topological polar surface area (TPSA) is 49.4 Å². The van der Waals surface area contributed by atoms with Gasteiger partial charge in [-0.2, -0.15) is 0 Å². The quantitative estimate of drug-likeness (QED) is 0.924. The zero-order valence-corrected chi connectivity index (χ0v) is 13.4. The van der Waals surface area contributed by atoms with Crippen molar-refractivity contribution in [3.05, 3.63) is 59.4 Å². The summed E-state index contributed by atoms with van der Waals surface area (Å²) in [7, 11) is 0. The Morgan fingerprint density at radius 3 is 2.40 bits per heavy atom. The van der Waals surface area contributed by atoms with Gasteiger partial charge in [-0.1, -0.05) is 0 Å². The number of amides is 2. The van der Waals surface area contributed by atoms with Crippen LogP contribution in [0.1, 0.15) is 12.0 Å². The van der Waals surface area contributed by atoms with E-state index in [0.717, 1.165) is 12.1 Å². The number of carbonyl (C=O) groups is 2. The number of hydrogen-bond acceptors (Lipinski definition) is 2. The first-order valence-electron chi connectivity index (χ1n) is 7.67. The Kier molecular flexibility index (Phi) is 4.48. The Morgan fingerprint density at radius 2 is 1.76 bits per heavy atom. The lowest BCUT2D eigenvalue weighted by Crippen LogP contribution is -2.28. The molecule has 2 aromatic rings. The summed E-state index contributed by atoms with van der Waals surface area (Å²) >= 11 is 0. The van der Waals surface area contributed by atoms with Crippen LogP contribution < -0.4 is 10.2 Å². The molecule has 0 radical (unpaired) electrons.